The highest BCUT2D eigenvalue weighted by Gasteiger charge is 2.58. The van der Waals surface area contributed by atoms with Crippen LogP contribution in [0, 0.1) is 10.8 Å². The normalized spacial score (nSPS) is 13.7. The summed E-state index contributed by atoms with van der Waals surface area (Å²) in [6.07, 6.45) is 0. The van der Waals surface area contributed by atoms with Crippen LogP contribution in [0.5, 0.6) is 0 Å². The van der Waals surface area contributed by atoms with Gasteiger partial charge < -0.3 is 0 Å². The Morgan fingerprint density at radius 2 is 0.683 bits per heavy atom. The van der Waals surface area contributed by atoms with Crippen molar-refractivity contribution < 1.29 is 0 Å². The van der Waals surface area contributed by atoms with E-state index in [9.17, 15) is 0 Å². The molecule has 302 valence electrons. The van der Waals surface area contributed by atoms with Crippen molar-refractivity contribution in [3.63, 3.8) is 0 Å². The smallest absolute Gasteiger partial charge is 0.0318 e. The average Bonchev–Trinajstić information content (AvgIpc) is 3.62. The number of hydrogen-bond donors (Lipinski definition) is 0. The first-order chi connectivity index (χ1) is 30.5. The second kappa shape index (κ2) is 13.5. The van der Waals surface area contributed by atoms with Crippen LogP contribution in [-0.4, -0.2) is 0 Å². The molecule has 0 unspecified atom stereocenters. The second-order valence-electron chi connectivity index (χ2n) is 20.0. The molecule has 0 saturated carbocycles. The summed E-state index contributed by atoms with van der Waals surface area (Å²) in [5.74, 6) is 0. The summed E-state index contributed by atoms with van der Waals surface area (Å²) in [5, 5.41) is 15.6. The maximum absolute atomic E-state index is 2.59. The third-order valence-corrected chi connectivity index (χ3v) is 14.7. The lowest BCUT2D eigenvalue weighted by atomic mass is 9.49. The maximum Gasteiger partial charge on any atom is 0.0318 e. The predicted molar refractivity (Wildman–Crippen MR) is 273 cm³/mol. The Bertz CT molecular complexity index is 3610. The van der Waals surface area contributed by atoms with Gasteiger partial charge in [-0.2, -0.15) is 0 Å². The van der Waals surface area contributed by atoms with Crippen molar-refractivity contribution in [1.29, 1.82) is 0 Å². The number of hydrogen-bond acceptors (Lipinski definition) is 0. The molecule has 1 aliphatic rings. The fourth-order valence-electron chi connectivity index (χ4n) is 12.5. The Kier molecular flexibility index (Phi) is 8.08. The van der Waals surface area contributed by atoms with Crippen molar-refractivity contribution in [2.75, 3.05) is 0 Å². The largest absolute Gasteiger partial charge is 0.0616 e. The van der Waals surface area contributed by atoms with Crippen LogP contribution in [-0.2, 0) is 5.41 Å². The SMILES string of the molecule is CC(C)(C)C1(C(C)(C)C)c2cc3cc(-c4c5ccccc5c(-c5ccc(-c6ccc7ccccc7c6)cc5)c5ccccc45)ccc3cc2-c2c1c1ccccc1c1ccccc21. The lowest BCUT2D eigenvalue weighted by Crippen LogP contribution is -2.50. The third kappa shape index (κ3) is 5.34. The predicted octanol–water partition coefficient (Wildman–Crippen LogP) is 18.0. The number of benzene rings is 11. The van der Waals surface area contributed by atoms with Crippen LogP contribution in [0.2, 0.25) is 0 Å². The van der Waals surface area contributed by atoms with E-state index < -0.39 is 0 Å². The lowest BCUT2D eigenvalue weighted by Gasteiger charge is -2.53. The Morgan fingerprint density at radius 3 is 1.27 bits per heavy atom. The fourth-order valence-corrected chi connectivity index (χ4v) is 12.5. The molecule has 0 heteroatoms. The molecular weight excluding hydrogens is 757 g/mol. The van der Waals surface area contributed by atoms with E-state index in [-0.39, 0.29) is 16.2 Å². The highest BCUT2D eigenvalue weighted by Crippen LogP contribution is 2.67. The van der Waals surface area contributed by atoms with Crippen molar-refractivity contribution in [2.45, 2.75) is 47.0 Å². The zero-order valence-electron chi connectivity index (χ0n) is 37.0. The lowest BCUT2D eigenvalue weighted by molar-refractivity contribution is 0.0965. The molecule has 0 heterocycles. The molecule has 11 aromatic carbocycles. The van der Waals surface area contributed by atoms with Gasteiger partial charge in [-0.1, -0.05) is 211 Å². The molecule has 0 radical (unpaired) electrons. The molecule has 0 N–H and O–H groups in total. The minimum absolute atomic E-state index is 0.0995. The molecule has 0 spiro atoms. The van der Waals surface area contributed by atoms with Gasteiger partial charge in [0.2, 0.25) is 0 Å². The third-order valence-electron chi connectivity index (χ3n) is 14.7. The van der Waals surface area contributed by atoms with Gasteiger partial charge in [0.05, 0.1) is 0 Å². The van der Waals surface area contributed by atoms with Crippen molar-refractivity contribution in [1.82, 2.24) is 0 Å². The summed E-state index contributed by atoms with van der Waals surface area (Å²) in [6.45, 7) is 14.8. The molecular formula is C63H50. The molecule has 0 aliphatic heterocycles. The Morgan fingerprint density at radius 1 is 0.286 bits per heavy atom. The summed E-state index contributed by atoms with van der Waals surface area (Å²) in [6, 6.07) is 73.3. The van der Waals surface area contributed by atoms with Crippen LogP contribution in [0.15, 0.2) is 194 Å². The van der Waals surface area contributed by atoms with E-state index >= 15 is 0 Å². The highest BCUT2D eigenvalue weighted by atomic mass is 14.6. The van der Waals surface area contributed by atoms with E-state index in [1.807, 2.05) is 0 Å². The van der Waals surface area contributed by atoms with Crippen molar-refractivity contribution >= 4 is 64.6 Å². The van der Waals surface area contributed by atoms with Gasteiger partial charge in [0.25, 0.3) is 0 Å². The van der Waals surface area contributed by atoms with Crippen LogP contribution in [0.25, 0.3) is 109 Å². The zero-order chi connectivity index (χ0) is 42.8. The topological polar surface area (TPSA) is 0 Å². The minimum atomic E-state index is -0.274. The first kappa shape index (κ1) is 37.7. The van der Waals surface area contributed by atoms with Crippen molar-refractivity contribution in [3.8, 4) is 44.5 Å². The van der Waals surface area contributed by atoms with Gasteiger partial charge in [-0.25, -0.2) is 0 Å². The first-order valence-electron chi connectivity index (χ1n) is 22.6. The standard InChI is InChI=1S/C63H50/c1-61(2,3)63(62(4,5)6)56-38-46-36-45(34-33-44(46)37-55(56)59-49-21-11-9-19-47(49)48-20-10-16-26-54(48)60(59)63)58-52-24-14-12-22-50(52)57(51-23-13-15-25-53(51)58)41-30-27-40(28-31-41)43-32-29-39-17-7-8-18-42(39)35-43/h7-38H,1-6H3. The van der Waals surface area contributed by atoms with E-state index in [0.29, 0.717) is 0 Å². The quantitative estimate of drug-likeness (QED) is 0.123. The molecule has 11 aromatic rings. The average molecular weight is 807 g/mol. The molecule has 0 atom stereocenters. The van der Waals surface area contributed by atoms with Crippen LogP contribution in [0.4, 0.5) is 0 Å². The maximum atomic E-state index is 2.59. The van der Waals surface area contributed by atoms with Gasteiger partial charge in [-0.15, -0.1) is 0 Å². The van der Waals surface area contributed by atoms with Gasteiger partial charge >= 0.3 is 0 Å². The van der Waals surface area contributed by atoms with Gasteiger partial charge in [-0.05, 0) is 155 Å². The van der Waals surface area contributed by atoms with E-state index in [1.165, 1.54) is 120 Å². The zero-order valence-corrected chi connectivity index (χ0v) is 37.0. The van der Waals surface area contributed by atoms with Gasteiger partial charge in [0.15, 0.2) is 0 Å². The van der Waals surface area contributed by atoms with Crippen LogP contribution < -0.4 is 0 Å². The van der Waals surface area contributed by atoms with Crippen molar-refractivity contribution in [3.05, 3.63) is 205 Å². The first-order valence-corrected chi connectivity index (χ1v) is 22.6. The molecule has 0 fully saturated rings. The Balaban J connectivity index is 1.08. The minimum Gasteiger partial charge on any atom is -0.0616 e. The molecule has 12 rings (SSSR count). The highest BCUT2D eigenvalue weighted by molar-refractivity contribution is 6.22. The summed E-state index contributed by atoms with van der Waals surface area (Å²) in [5.41, 5.74) is 12.8. The van der Waals surface area contributed by atoms with Crippen molar-refractivity contribution in [2.24, 2.45) is 10.8 Å². The number of fused-ring (bicyclic) bond motifs is 12. The Hall–Kier alpha value is -7.02. The van der Waals surface area contributed by atoms with Gasteiger partial charge in [-0.3, -0.25) is 0 Å². The van der Waals surface area contributed by atoms with Gasteiger partial charge in [0.1, 0.15) is 0 Å². The van der Waals surface area contributed by atoms with E-state index in [2.05, 4.69) is 236 Å². The monoisotopic (exact) mass is 806 g/mol. The molecule has 0 saturated heterocycles. The molecule has 0 nitrogen and oxygen atoms in total. The molecule has 0 bridgehead atoms. The van der Waals surface area contributed by atoms with E-state index in [1.54, 1.807) is 0 Å². The summed E-state index contributed by atoms with van der Waals surface area (Å²) < 4.78 is 0. The summed E-state index contributed by atoms with van der Waals surface area (Å²) in [4.78, 5) is 0. The van der Waals surface area contributed by atoms with E-state index in [0.717, 1.165) is 0 Å². The van der Waals surface area contributed by atoms with Crippen LogP contribution in [0.3, 0.4) is 0 Å². The van der Waals surface area contributed by atoms with Crippen LogP contribution in [0.1, 0.15) is 52.7 Å². The summed E-state index contributed by atoms with van der Waals surface area (Å²) in [7, 11) is 0. The molecule has 63 heavy (non-hydrogen) atoms. The van der Waals surface area contributed by atoms with E-state index in [4.69, 9.17) is 0 Å². The fraction of sp³-hybridized carbons (Fsp3) is 0.143. The molecule has 1 aliphatic carbocycles. The van der Waals surface area contributed by atoms with Gasteiger partial charge in [0, 0.05) is 5.41 Å². The summed E-state index contributed by atoms with van der Waals surface area (Å²) >= 11 is 0. The molecule has 0 aromatic heterocycles. The molecule has 0 amide bonds. The Labute approximate surface area is 370 Å². The van der Waals surface area contributed by atoms with Crippen LogP contribution >= 0.6 is 0 Å². The second-order valence-corrected chi connectivity index (χ2v) is 20.0. The number of rotatable bonds is 3.